The molecule has 23 heavy (non-hydrogen) atoms. The number of imidazole rings is 1. The number of hydrazone groups is 1. The molecule has 3 rings (SSSR count). The van der Waals surface area contributed by atoms with Gasteiger partial charge >= 0.3 is 5.69 Å². The normalized spacial score (nSPS) is 14.5. The lowest BCUT2D eigenvalue weighted by atomic mass is 10.1. The SMILES string of the molecule is CC1=NN(CCC(C)C)c2nc3c(c(=O)n(C)c(=O)n3C)n2C1. The maximum Gasteiger partial charge on any atom is 0.332 e. The number of anilines is 1. The summed E-state index contributed by atoms with van der Waals surface area (Å²) in [7, 11) is 3.12. The summed E-state index contributed by atoms with van der Waals surface area (Å²) in [4.78, 5) is 29.2. The van der Waals surface area contributed by atoms with E-state index in [1.165, 1.54) is 11.6 Å². The molecule has 8 heteroatoms. The van der Waals surface area contributed by atoms with Crippen molar-refractivity contribution in [3.63, 3.8) is 0 Å². The zero-order valence-corrected chi connectivity index (χ0v) is 14.2. The van der Waals surface area contributed by atoms with Gasteiger partial charge in [-0.2, -0.15) is 10.1 Å². The average Bonchev–Trinajstić information content (AvgIpc) is 2.87. The Morgan fingerprint density at radius 3 is 2.52 bits per heavy atom. The summed E-state index contributed by atoms with van der Waals surface area (Å²) in [5.74, 6) is 1.17. The van der Waals surface area contributed by atoms with Gasteiger partial charge in [-0.15, -0.1) is 0 Å². The monoisotopic (exact) mass is 318 g/mol. The van der Waals surface area contributed by atoms with Gasteiger partial charge in [0.05, 0.1) is 12.3 Å². The van der Waals surface area contributed by atoms with Crippen molar-refractivity contribution in [3.05, 3.63) is 20.8 Å². The summed E-state index contributed by atoms with van der Waals surface area (Å²) in [6, 6.07) is 0. The van der Waals surface area contributed by atoms with E-state index in [-0.39, 0.29) is 11.2 Å². The third kappa shape index (κ3) is 2.38. The number of aryl methyl sites for hydroxylation is 1. The predicted octanol–water partition coefficient (Wildman–Crippen LogP) is 0.676. The van der Waals surface area contributed by atoms with E-state index in [1.807, 2.05) is 16.5 Å². The second-order valence-electron chi connectivity index (χ2n) is 6.52. The Hall–Kier alpha value is -2.38. The molecule has 0 fully saturated rings. The third-order valence-corrected chi connectivity index (χ3v) is 4.16. The van der Waals surface area contributed by atoms with Crippen molar-refractivity contribution in [2.75, 3.05) is 11.6 Å². The summed E-state index contributed by atoms with van der Waals surface area (Å²) >= 11 is 0. The summed E-state index contributed by atoms with van der Waals surface area (Å²) in [6.45, 7) is 7.49. The van der Waals surface area contributed by atoms with Gasteiger partial charge in [-0.3, -0.25) is 18.5 Å². The Kier molecular flexibility index (Phi) is 3.62. The van der Waals surface area contributed by atoms with E-state index in [9.17, 15) is 9.59 Å². The largest absolute Gasteiger partial charge is 0.332 e. The fourth-order valence-electron chi connectivity index (χ4n) is 2.82. The zero-order valence-electron chi connectivity index (χ0n) is 14.2. The molecule has 0 saturated carbocycles. The molecule has 0 amide bonds. The van der Waals surface area contributed by atoms with Gasteiger partial charge in [0.25, 0.3) is 5.56 Å². The van der Waals surface area contributed by atoms with Crippen molar-refractivity contribution in [1.82, 2.24) is 18.7 Å². The number of hydrogen-bond donors (Lipinski definition) is 0. The van der Waals surface area contributed by atoms with E-state index in [4.69, 9.17) is 0 Å². The molecular weight excluding hydrogens is 296 g/mol. The van der Waals surface area contributed by atoms with Gasteiger partial charge in [-0.05, 0) is 19.3 Å². The number of hydrogen-bond acceptors (Lipinski definition) is 5. The van der Waals surface area contributed by atoms with Crippen LogP contribution in [0.5, 0.6) is 0 Å². The van der Waals surface area contributed by atoms with E-state index in [0.29, 0.717) is 29.6 Å². The summed E-state index contributed by atoms with van der Waals surface area (Å²) in [5.41, 5.74) is 1.09. The topological polar surface area (TPSA) is 77.4 Å². The molecule has 0 atom stereocenters. The van der Waals surface area contributed by atoms with Crippen molar-refractivity contribution in [3.8, 4) is 0 Å². The first-order chi connectivity index (χ1) is 10.8. The zero-order chi connectivity index (χ0) is 16.9. The molecule has 124 valence electrons. The molecule has 2 aromatic rings. The molecular formula is C15H22N6O2. The highest BCUT2D eigenvalue weighted by Crippen LogP contribution is 2.24. The fourth-order valence-corrected chi connectivity index (χ4v) is 2.82. The second-order valence-corrected chi connectivity index (χ2v) is 6.52. The molecule has 0 radical (unpaired) electrons. The number of nitrogens with zero attached hydrogens (tertiary/aromatic N) is 6. The Morgan fingerprint density at radius 2 is 1.87 bits per heavy atom. The Balaban J connectivity index is 2.24. The third-order valence-electron chi connectivity index (χ3n) is 4.16. The maximum absolute atomic E-state index is 12.5. The van der Waals surface area contributed by atoms with Crippen LogP contribution in [0.15, 0.2) is 14.7 Å². The Bertz CT molecular complexity index is 915. The van der Waals surface area contributed by atoms with Crippen LogP contribution >= 0.6 is 0 Å². The Morgan fingerprint density at radius 1 is 1.17 bits per heavy atom. The lowest BCUT2D eigenvalue weighted by Gasteiger charge is -2.25. The van der Waals surface area contributed by atoms with Gasteiger partial charge in [0, 0.05) is 20.6 Å². The summed E-state index contributed by atoms with van der Waals surface area (Å²) in [6.07, 6.45) is 0.969. The molecule has 2 aromatic heterocycles. The van der Waals surface area contributed by atoms with E-state index in [1.54, 1.807) is 7.05 Å². The van der Waals surface area contributed by atoms with Crippen LogP contribution in [0.25, 0.3) is 11.2 Å². The first-order valence-corrected chi connectivity index (χ1v) is 7.79. The molecule has 0 bridgehead atoms. The molecule has 0 saturated heterocycles. The second kappa shape index (κ2) is 5.36. The van der Waals surface area contributed by atoms with Crippen molar-refractivity contribution in [2.45, 2.75) is 33.7 Å². The van der Waals surface area contributed by atoms with E-state index >= 15 is 0 Å². The predicted molar refractivity (Wildman–Crippen MR) is 90.1 cm³/mol. The molecule has 8 nitrogen and oxygen atoms in total. The van der Waals surface area contributed by atoms with Crippen molar-refractivity contribution in [1.29, 1.82) is 0 Å². The minimum atomic E-state index is -0.371. The molecule has 0 aliphatic carbocycles. The van der Waals surface area contributed by atoms with E-state index in [2.05, 4.69) is 23.9 Å². The van der Waals surface area contributed by atoms with Crippen LogP contribution in [0, 0.1) is 5.92 Å². The highest BCUT2D eigenvalue weighted by atomic mass is 16.2. The molecule has 3 heterocycles. The highest BCUT2D eigenvalue weighted by Gasteiger charge is 2.25. The lowest BCUT2D eigenvalue weighted by molar-refractivity contribution is 0.565. The van der Waals surface area contributed by atoms with Crippen LogP contribution in [-0.4, -0.2) is 30.9 Å². The van der Waals surface area contributed by atoms with Gasteiger partial charge in [-0.25, -0.2) is 9.80 Å². The molecule has 0 N–H and O–H groups in total. The summed E-state index contributed by atoms with van der Waals surface area (Å²) in [5, 5.41) is 6.40. The maximum atomic E-state index is 12.5. The molecule has 0 spiro atoms. The quantitative estimate of drug-likeness (QED) is 0.833. The van der Waals surface area contributed by atoms with Gasteiger partial charge in [0.2, 0.25) is 5.95 Å². The van der Waals surface area contributed by atoms with Crippen LogP contribution < -0.4 is 16.3 Å². The fraction of sp³-hybridized carbons (Fsp3) is 0.600. The van der Waals surface area contributed by atoms with Crippen LogP contribution in [0.2, 0.25) is 0 Å². The minimum Gasteiger partial charge on any atom is -0.297 e. The van der Waals surface area contributed by atoms with Crippen LogP contribution in [0.1, 0.15) is 27.2 Å². The van der Waals surface area contributed by atoms with Crippen LogP contribution in [0.4, 0.5) is 5.95 Å². The van der Waals surface area contributed by atoms with Gasteiger partial charge < -0.3 is 0 Å². The lowest BCUT2D eigenvalue weighted by Crippen LogP contribution is -2.38. The van der Waals surface area contributed by atoms with Crippen molar-refractivity contribution in [2.24, 2.45) is 25.1 Å². The van der Waals surface area contributed by atoms with E-state index < -0.39 is 0 Å². The first-order valence-electron chi connectivity index (χ1n) is 7.79. The Labute approximate surface area is 133 Å². The first kappa shape index (κ1) is 15.5. The van der Waals surface area contributed by atoms with Crippen molar-refractivity contribution >= 4 is 22.8 Å². The average molecular weight is 318 g/mol. The van der Waals surface area contributed by atoms with Crippen molar-refractivity contribution < 1.29 is 0 Å². The standard InChI is InChI=1S/C15H22N6O2/c1-9(2)6-7-21-14-16-12-11(20(14)8-10(3)17-21)13(22)19(5)15(23)18(12)4/h9H,6-8H2,1-5H3. The number of rotatable bonds is 3. The highest BCUT2D eigenvalue weighted by molar-refractivity contribution is 5.87. The number of fused-ring (bicyclic) bond motifs is 3. The van der Waals surface area contributed by atoms with Gasteiger partial charge in [-0.1, -0.05) is 13.8 Å². The molecule has 1 aliphatic heterocycles. The molecule has 0 aromatic carbocycles. The number of aromatic nitrogens is 4. The summed E-state index contributed by atoms with van der Waals surface area (Å²) < 4.78 is 4.40. The molecule has 1 aliphatic rings. The van der Waals surface area contributed by atoms with Crippen LogP contribution in [-0.2, 0) is 20.6 Å². The van der Waals surface area contributed by atoms with E-state index in [0.717, 1.165) is 23.2 Å². The van der Waals surface area contributed by atoms with Crippen LogP contribution in [0.3, 0.4) is 0 Å². The smallest absolute Gasteiger partial charge is 0.297 e. The van der Waals surface area contributed by atoms with Gasteiger partial charge in [0.1, 0.15) is 0 Å². The molecule has 0 unspecified atom stereocenters. The minimum absolute atomic E-state index is 0.319. The van der Waals surface area contributed by atoms with Gasteiger partial charge in [0.15, 0.2) is 11.2 Å².